The van der Waals surface area contributed by atoms with Crippen LogP contribution in [0, 0.1) is 16.7 Å². The highest BCUT2D eigenvalue weighted by molar-refractivity contribution is 5.61. The minimum atomic E-state index is -4.43. The van der Waals surface area contributed by atoms with Crippen LogP contribution in [0.5, 0.6) is 0 Å². The number of hydrogen-bond acceptors (Lipinski definition) is 2. The lowest BCUT2D eigenvalue weighted by molar-refractivity contribution is -0.137. The summed E-state index contributed by atoms with van der Waals surface area (Å²) in [6, 6.07) is 5.21. The van der Waals surface area contributed by atoms with E-state index in [9.17, 15) is 13.2 Å². The maximum absolute atomic E-state index is 12.7. The highest BCUT2D eigenvalue weighted by Crippen LogP contribution is 2.34. The van der Waals surface area contributed by atoms with E-state index >= 15 is 0 Å². The van der Waals surface area contributed by atoms with Gasteiger partial charge in [0.2, 0.25) is 0 Å². The van der Waals surface area contributed by atoms with Gasteiger partial charge in [0.1, 0.15) is 6.07 Å². The lowest BCUT2D eigenvalue weighted by Gasteiger charge is -2.37. The van der Waals surface area contributed by atoms with Crippen LogP contribution in [-0.4, -0.2) is 13.1 Å². The molecule has 0 aliphatic rings. The van der Waals surface area contributed by atoms with Gasteiger partial charge in [-0.2, -0.15) is 18.4 Å². The number of alkyl halides is 3. The molecule has 0 saturated heterocycles. The van der Waals surface area contributed by atoms with Crippen LogP contribution in [0.4, 0.5) is 18.9 Å². The molecular weight excluding hydrogens is 265 g/mol. The number of rotatable bonds is 2. The Morgan fingerprint density at radius 1 is 1.20 bits per heavy atom. The minimum absolute atomic E-state index is 0.0402. The number of nitriles is 1. The second-order valence-corrected chi connectivity index (χ2v) is 5.99. The Bertz CT molecular complexity index is 521. The summed E-state index contributed by atoms with van der Waals surface area (Å²) in [7, 11) is 1.79. The number of nitrogens with zero attached hydrogens (tertiary/aromatic N) is 2. The molecule has 1 aromatic rings. The van der Waals surface area contributed by atoms with Crippen molar-refractivity contribution >= 4 is 5.69 Å². The maximum Gasteiger partial charge on any atom is 0.416 e. The second kappa shape index (κ2) is 5.35. The highest BCUT2D eigenvalue weighted by atomic mass is 19.4. The van der Waals surface area contributed by atoms with Crippen LogP contribution in [0.15, 0.2) is 18.2 Å². The second-order valence-electron chi connectivity index (χ2n) is 5.99. The van der Waals surface area contributed by atoms with Gasteiger partial charge < -0.3 is 4.90 Å². The van der Waals surface area contributed by atoms with Crippen molar-refractivity contribution in [1.82, 2.24) is 0 Å². The van der Waals surface area contributed by atoms with Crippen molar-refractivity contribution < 1.29 is 13.2 Å². The third-order valence-electron chi connectivity index (χ3n) is 3.66. The zero-order valence-corrected chi connectivity index (χ0v) is 12.3. The Hall–Kier alpha value is -1.70. The van der Waals surface area contributed by atoms with Gasteiger partial charge >= 0.3 is 6.18 Å². The first kappa shape index (κ1) is 16.4. The van der Waals surface area contributed by atoms with E-state index in [1.807, 2.05) is 38.7 Å². The Kier molecular flexibility index (Phi) is 4.38. The molecule has 1 atom stereocenters. The van der Waals surface area contributed by atoms with E-state index in [1.54, 1.807) is 7.05 Å². The number of hydrogen-bond donors (Lipinski definition) is 0. The minimum Gasteiger partial charge on any atom is -0.370 e. The Labute approximate surface area is 117 Å². The van der Waals surface area contributed by atoms with E-state index in [0.717, 1.165) is 12.1 Å². The molecule has 0 heterocycles. The summed E-state index contributed by atoms with van der Waals surface area (Å²) in [5.74, 6) is 0. The largest absolute Gasteiger partial charge is 0.416 e. The van der Waals surface area contributed by atoms with E-state index in [2.05, 4.69) is 0 Å². The third kappa shape index (κ3) is 3.44. The summed E-state index contributed by atoms with van der Waals surface area (Å²) in [6.07, 6.45) is -4.43. The quantitative estimate of drug-likeness (QED) is 0.802. The number of anilines is 1. The van der Waals surface area contributed by atoms with Gasteiger partial charge in [0.25, 0.3) is 0 Å². The molecule has 5 heteroatoms. The van der Waals surface area contributed by atoms with E-state index in [0.29, 0.717) is 5.69 Å². The molecule has 0 aromatic heterocycles. The maximum atomic E-state index is 12.7. The fraction of sp³-hybridized carbons (Fsp3) is 0.533. The van der Waals surface area contributed by atoms with E-state index in [-0.39, 0.29) is 17.0 Å². The van der Waals surface area contributed by atoms with Crippen LogP contribution < -0.4 is 4.90 Å². The van der Waals surface area contributed by atoms with Crippen molar-refractivity contribution in [2.75, 3.05) is 11.9 Å². The van der Waals surface area contributed by atoms with Crippen LogP contribution in [0.3, 0.4) is 0 Å². The van der Waals surface area contributed by atoms with Gasteiger partial charge in [0.05, 0.1) is 16.8 Å². The lowest BCUT2D eigenvalue weighted by atomic mass is 9.86. The summed E-state index contributed by atoms with van der Waals surface area (Å²) in [5, 5.41) is 9.10. The molecule has 0 fully saturated rings. The Balaban J connectivity index is 3.24. The van der Waals surface area contributed by atoms with Gasteiger partial charge in [0, 0.05) is 13.1 Å². The molecule has 0 saturated carbocycles. The summed E-state index contributed by atoms with van der Waals surface area (Å²) in [5.41, 5.74) is -0.291. The Morgan fingerprint density at radius 2 is 1.75 bits per heavy atom. The number of benzene rings is 1. The first-order valence-electron chi connectivity index (χ1n) is 6.32. The molecule has 20 heavy (non-hydrogen) atoms. The van der Waals surface area contributed by atoms with Crippen molar-refractivity contribution in [1.29, 1.82) is 5.26 Å². The Morgan fingerprint density at radius 3 is 2.15 bits per heavy atom. The van der Waals surface area contributed by atoms with Crippen LogP contribution >= 0.6 is 0 Å². The summed E-state index contributed by atoms with van der Waals surface area (Å²) < 4.78 is 38.0. The lowest BCUT2D eigenvalue weighted by Crippen LogP contribution is -2.39. The molecule has 0 N–H and O–H groups in total. The predicted octanol–water partition coefficient (Wildman–Crippen LogP) is 4.45. The molecule has 0 spiro atoms. The van der Waals surface area contributed by atoms with E-state index in [1.165, 1.54) is 6.07 Å². The van der Waals surface area contributed by atoms with Crippen molar-refractivity contribution in [2.24, 2.45) is 5.41 Å². The molecule has 2 nitrogen and oxygen atoms in total. The van der Waals surface area contributed by atoms with E-state index in [4.69, 9.17) is 5.26 Å². The average Bonchev–Trinajstić information content (AvgIpc) is 2.34. The molecule has 1 unspecified atom stereocenters. The SMILES string of the molecule is CC(N(C)c1ccc(C(F)(F)F)cc1C#N)C(C)(C)C. The zero-order valence-electron chi connectivity index (χ0n) is 12.3. The van der Waals surface area contributed by atoms with Crippen molar-refractivity contribution in [3.63, 3.8) is 0 Å². The molecule has 110 valence electrons. The highest BCUT2D eigenvalue weighted by Gasteiger charge is 2.32. The normalized spacial score (nSPS) is 13.8. The molecule has 1 rings (SSSR count). The average molecular weight is 284 g/mol. The van der Waals surface area contributed by atoms with Gasteiger partial charge in [-0.05, 0) is 30.5 Å². The van der Waals surface area contributed by atoms with Crippen molar-refractivity contribution in [2.45, 2.75) is 39.9 Å². The summed E-state index contributed by atoms with van der Waals surface area (Å²) >= 11 is 0. The van der Waals surface area contributed by atoms with Crippen molar-refractivity contribution in [3.05, 3.63) is 29.3 Å². The standard InChI is InChI=1S/C15H19F3N2/c1-10(14(2,3)4)20(5)13-7-6-12(15(16,17)18)8-11(13)9-19/h6-8,10H,1-5H3. The van der Waals surface area contributed by atoms with Gasteiger partial charge in [0.15, 0.2) is 0 Å². The van der Waals surface area contributed by atoms with Gasteiger partial charge in [-0.25, -0.2) is 0 Å². The van der Waals surface area contributed by atoms with Crippen LogP contribution in [0.2, 0.25) is 0 Å². The first-order valence-corrected chi connectivity index (χ1v) is 6.32. The molecule has 0 aliphatic carbocycles. The molecular formula is C15H19F3N2. The van der Waals surface area contributed by atoms with Crippen LogP contribution in [0.25, 0.3) is 0 Å². The zero-order chi connectivity index (χ0) is 15.7. The number of halogens is 3. The smallest absolute Gasteiger partial charge is 0.370 e. The van der Waals surface area contributed by atoms with Crippen molar-refractivity contribution in [3.8, 4) is 6.07 Å². The molecule has 1 aromatic carbocycles. The van der Waals surface area contributed by atoms with Crippen LogP contribution in [0.1, 0.15) is 38.8 Å². The van der Waals surface area contributed by atoms with Crippen LogP contribution in [-0.2, 0) is 6.18 Å². The van der Waals surface area contributed by atoms with E-state index < -0.39 is 11.7 Å². The van der Waals surface area contributed by atoms with Gasteiger partial charge in [-0.1, -0.05) is 20.8 Å². The first-order chi connectivity index (χ1) is 8.98. The molecule has 0 bridgehead atoms. The topological polar surface area (TPSA) is 27.0 Å². The molecule has 0 amide bonds. The third-order valence-corrected chi connectivity index (χ3v) is 3.66. The molecule has 0 aliphatic heterocycles. The summed E-state index contributed by atoms with van der Waals surface area (Å²) in [4.78, 5) is 1.85. The monoisotopic (exact) mass is 284 g/mol. The van der Waals surface area contributed by atoms with Gasteiger partial charge in [-0.3, -0.25) is 0 Å². The van der Waals surface area contributed by atoms with Gasteiger partial charge in [-0.15, -0.1) is 0 Å². The fourth-order valence-electron chi connectivity index (χ4n) is 1.90. The summed E-state index contributed by atoms with van der Waals surface area (Å²) in [6.45, 7) is 8.12. The fourth-order valence-corrected chi connectivity index (χ4v) is 1.90. The molecule has 0 radical (unpaired) electrons. The predicted molar refractivity (Wildman–Crippen MR) is 73.5 cm³/mol.